The molecule has 0 bridgehead atoms. The Hall–Kier alpha value is -1.69. The molecule has 0 spiro atoms. The maximum absolute atomic E-state index is 12.1. The van der Waals surface area contributed by atoms with Crippen molar-refractivity contribution in [3.05, 3.63) is 41.1 Å². The Morgan fingerprint density at radius 2 is 2.25 bits per heavy atom. The van der Waals surface area contributed by atoms with Gasteiger partial charge in [-0.1, -0.05) is 6.08 Å². The Kier molecular flexibility index (Phi) is 4.23. The first kappa shape index (κ1) is 14.7. The second-order valence-corrected chi connectivity index (χ2v) is 7.11. The number of carbonyl (C=O) groups is 1. The van der Waals surface area contributed by atoms with Crippen LogP contribution >= 0.6 is 0 Å². The fourth-order valence-corrected chi connectivity index (χ4v) is 3.57. The molecule has 2 heterocycles. The van der Waals surface area contributed by atoms with Crippen LogP contribution in [0, 0.1) is 12.8 Å². The molecule has 1 aliphatic heterocycles. The standard InChI is InChI=1S/C14H18N2O3S/c1-11-8-15-5-3-13(11)9-16(2)14(17)7-12-4-6-20(18,19)10-12/h3-6,8,12H,7,9-10H2,1-2H3. The maximum atomic E-state index is 12.1. The highest BCUT2D eigenvalue weighted by Crippen LogP contribution is 2.19. The number of aromatic nitrogens is 1. The molecule has 1 amide bonds. The summed E-state index contributed by atoms with van der Waals surface area (Å²) in [7, 11) is -1.36. The van der Waals surface area contributed by atoms with E-state index in [-0.39, 0.29) is 24.0 Å². The van der Waals surface area contributed by atoms with Crippen LogP contribution in [-0.2, 0) is 21.2 Å². The van der Waals surface area contributed by atoms with E-state index in [0.717, 1.165) is 11.1 Å². The number of hydrogen-bond acceptors (Lipinski definition) is 4. The number of amides is 1. The molecule has 1 aromatic rings. The molecular formula is C14H18N2O3S. The lowest BCUT2D eigenvalue weighted by molar-refractivity contribution is -0.130. The van der Waals surface area contributed by atoms with Gasteiger partial charge in [0.15, 0.2) is 9.84 Å². The zero-order valence-electron chi connectivity index (χ0n) is 11.6. The Morgan fingerprint density at radius 1 is 1.50 bits per heavy atom. The van der Waals surface area contributed by atoms with Crippen LogP contribution in [-0.4, -0.2) is 37.0 Å². The molecule has 108 valence electrons. The third kappa shape index (κ3) is 3.66. The summed E-state index contributed by atoms with van der Waals surface area (Å²) in [5, 5.41) is 1.21. The maximum Gasteiger partial charge on any atom is 0.223 e. The van der Waals surface area contributed by atoms with Gasteiger partial charge in [-0.25, -0.2) is 8.42 Å². The lowest BCUT2D eigenvalue weighted by atomic mass is 10.1. The van der Waals surface area contributed by atoms with E-state index in [1.54, 1.807) is 30.4 Å². The minimum atomic E-state index is -3.09. The van der Waals surface area contributed by atoms with Gasteiger partial charge in [-0.3, -0.25) is 9.78 Å². The van der Waals surface area contributed by atoms with Gasteiger partial charge in [-0.05, 0) is 24.1 Å². The van der Waals surface area contributed by atoms with Crippen LogP contribution in [0.15, 0.2) is 29.9 Å². The summed E-state index contributed by atoms with van der Waals surface area (Å²) in [6.07, 6.45) is 5.31. The quantitative estimate of drug-likeness (QED) is 0.839. The minimum absolute atomic E-state index is 0.0425. The number of nitrogens with zero attached hydrogens (tertiary/aromatic N) is 2. The molecule has 0 aliphatic carbocycles. The third-order valence-corrected chi connectivity index (χ3v) is 4.88. The van der Waals surface area contributed by atoms with Crippen LogP contribution in [0.5, 0.6) is 0 Å². The minimum Gasteiger partial charge on any atom is -0.341 e. The molecule has 5 nitrogen and oxygen atoms in total. The van der Waals surface area contributed by atoms with Gasteiger partial charge in [0, 0.05) is 43.7 Å². The van der Waals surface area contributed by atoms with Crippen LogP contribution in [0.1, 0.15) is 17.5 Å². The van der Waals surface area contributed by atoms with Gasteiger partial charge in [0.05, 0.1) is 5.75 Å². The second-order valence-electron chi connectivity index (χ2n) is 5.17. The molecule has 0 N–H and O–H groups in total. The van der Waals surface area contributed by atoms with Gasteiger partial charge in [-0.15, -0.1) is 0 Å². The first-order chi connectivity index (χ1) is 9.37. The van der Waals surface area contributed by atoms with E-state index in [9.17, 15) is 13.2 Å². The molecule has 1 aliphatic rings. The van der Waals surface area contributed by atoms with Crippen molar-refractivity contribution in [1.29, 1.82) is 0 Å². The summed E-state index contributed by atoms with van der Waals surface area (Å²) in [5.41, 5.74) is 2.08. The van der Waals surface area contributed by atoms with Crippen molar-refractivity contribution in [3.8, 4) is 0 Å². The Labute approximate surface area is 119 Å². The molecule has 0 aromatic carbocycles. The summed E-state index contributed by atoms with van der Waals surface area (Å²) in [5.74, 6) is -0.206. The van der Waals surface area contributed by atoms with Crippen molar-refractivity contribution >= 4 is 15.7 Å². The molecule has 1 atom stereocenters. The number of allylic oxidation sites excluding steroid dienone is 1. The molecule has 6 heteroatoms. The van der Waals surface area contributed by atoms with Gasteiger partial charge in [-0.2, -0.15) is 0 Å². The Balaban J connectivity index is 1.93. The monoisotopic (exact) mass is 294 g/mol. The van der Waals surface area contributed by atoms with Gasteiger partial charge >= 0.3 is 0 Å². The number of aryl methyl sites for hydroxylation is 1. The predicted molar refractivity (Wildman–Crippen MR) is 76.5 cm³/mol. The van der Waals surface area contributed by atoms with E-state index in [1.807, 2.05) is 13.0 Å². The summed E-state index contributed by atoms with van der Waals surface area (Å²) >= 11 is 0. The van der Waals surface area contributed by atoms with Gasteiger partial charge < -0.3 is 4.90 Å². The van der Waals surface area contributed by atoms with Crippen LogP contribution in [0.25, 0.3) is 0 Å². The van der Waals surface area contributed by atoms with Gasteiger partial charge in [0.2, 0.25) is 5.91 Å². The number of hydrogen-bond donors (Lipinski definition) is 0. The fraction of sp³-hybridized carbons (Fsp3) is 0.429. The van der Waals surface area contributed by atoms with Crippen LogP contribution < -0.4 is 0 Å². The summed E-state index contributed by atoms with van der Waals surface area (Å²) in [6.45, 7) is 2.46. The van der Waals surface area contributed by atoms with Crippen molar-refractivity contribution in [2.75, 3.05) is 12.8 Å². The zero-order chi connectivity index (χ0) is 14.8. The van der Waals surface area contributed by atoms with Crippen molar-refractivity contribution in [2.24, 2.45) is 5.92 Å². The molecule has 1 unspecified atom stereocenters. The Bertz CT molecular complexity index is 638. The molecular weight excluding hydrogens is 276 g/mol. The predicted octanol–water partition coefficient (Wildman–Crippen LogP) is 1.30. The number of pyridine rings is 1. The van der Waals surface area contributed by atoms with Crippen molar-refractivity contribution in [2.45, 2.75) is 19.9 Å². The SMILES string of the molecule is Cc1cnccc1CN(C)C(=O)CC1C=CS(=O)(=O)C1. The van der Waals surface area contributed by atoms with E-state index in [2.05, 4.69) is 4.98 Å². The highest BCUT2D eigenvalue weighted by molar-refractivity contribution is 7.94. The van der Waals surface area contributed by atoms with Crippen molar-refractivity contribution in [3.63, 3.8) is 0 Å². The van der Waals surface area contributed by atoms with Crippen molar-refractivity contribution in [1.82, 2.24) is 9.88 Å². The van der Waals surface area contributed by atoms with Crippen molar-refractivity contribution < 1.29 is 13.2 Å². The Morgan fingerprint density at radius 3 is 2.85 bits per heavy atom. The second kappa shape index (κ2) is 5.75. The van der Waals surface area contributed by atoms with Gasteiger partial charge in [0.1, 0.15) is 0 Å². The molecule has 1 aromatic heterocycles. The van der Waals surface area contributed by atoms with E-state index >= 15 is 0 Å². The normalized spacial score (nSPS) is 20.0. The van der Waals surface area contributed by atoms with E-state index < -0.39 is 9.84 Å². The van der Waals surface area contributed by atoms with E-state index in [1.165, 1.54) is 5.41 Å². The molecule has 0 radical (unpaired) electrons. The number of carbonyl (C=O) groups excluding carboxylic acids is 1. The topological polar surface area (TPSA) is 67.3 Å². The third-order valence-electron chi connectivity index (χ3n) is 3.41. The molecule has 0 fully saturated rings. The number of sulfone groups is 1. The first-order valence-corrected chi connectivity index (χ1v) is 8.13. The largest absolute Gasteiger partial charge is 0.341 e. The van der Waals surface area contributed by atoms with E-state index in [4.69, 9.17) is 0 Å². The lowest BCUT2D eigenvalue weighted by Gasteiger charge is -2.19. The smallest absolute Gasteiger partial charge is 0.223 e. The average Bonchev–Trinajstić information content (AvgIpc) is 2.71. The molecule has 20 heavy (non-hydrogen) atoms. The fourth-order valence-electron chi connectivity index (χ4n) is 2.17. The lowest BCUT2D eigenvalue weighted by Crippen LogP contribution is -2.28. The average molecular weight is 294 g/mol. The summed E-state index contributed by atoms with van der Waals surface area (Å²) in [6, 6.07) is 1.89. The molecule has 2 rings (SSSR count). The highest BCUT2D eigenvalue weighted by Gasteiger charge is 2.25. The molecule has 0 saturated carbocycles. The van der Waals surface area contributed by atoms with E-state index in [0.29, 0.717) is 6.54 Å². The van der Waals surface area contributed by atoms with Gasteiger partial charge in [0.25, 0.3) is 0 Å². The summed E-state index contributed by atoms with van der Waals surface area (Å²) in [4.78, 5) is 17.8. The van der Waals surface area contributed by atoms with Crippen LogP contribution in [0.2, 0.25) is 0 Å². The number of rotatable bonds is 4. The highest BCUT2D eigenvalue weighted by atomic mass is 32.2. The zero-order valence-corrected chi connectivity index (χ0v) is 12.4. The van der Waals surface area contributed by atoms with Crippen LogP contribution in [0.4, 0.5) is 0 Å². The summed E-state index contributed by atoms with van der Waals surface area (Å²) < 4.78 is 22.6. The van der Waals surface area contributed by atoms with Crippen LogP contribution in [0.3, 0.4) is 0 Å². The first-order valence-electron chi connectivity index (χ1n) is 6.42. The molecule has 0 saturated heterocycles.